The predicted molar refractivity (Wildman–Crippen MR) is 276 cm³/mol. The molecule has 0 saturated heterocycles. The molecule has 6 unspecified atom stereocenters. The minimum atomic E-state index is -0.713. The van der Waals surface area contributed by atoms with Gasteiger partial charge >= 0.3 is 17.9 Å². The number of carboxylic acids is 1. The van der Waals surface area contributed by atoms with E-state index in [4.69, 9.17) is 18.6 Å². The summed E-state index contributed by atoms with van der Waals surface area (Å²) in [5, 5.41) is 29.2. The molecule has 3 N–H and O–H groups in total. The molecule has 4 aromatic carbocycles. The number of carbonyl (C=O) groups is 3. The summed E-state index contributed by atoms with van der Waals surface area (Å²) in [7, 11) is 2.87. The zero-order chi connectivity index (χ0) is 49.4. The summed E-state index contributed by atoms with van der Waals surface area (Å²) in [5.41, 5.74) is 8.71. The number of aryl methyl sites for hydroxylation is 3. The summed E-state index contributed by atoms with van der Waals surface area (Å²) in [5.74, 6) is 1.59. The molecule has 0 saturated carbocycles. The Bertz CT molecular complexity index is 2600. The van der Waals surface area contributed by atoms with Crippen molar-refractivity contribution in [2.45, 2.75) is 110 Å². The van der Waals surface area contributed by atoms with Gasteiger partial charge in [0.1, 0.15) is 23.0 Å². The number of fused-ring (bicyclic) bond motifs is 3. The molecule has 3 aliphatic rings. The number of esters is 2. The quantitative estimate of drug-likeness (QED) is 0.0906. The lowest BCUT2D eigenvalue weighted by Gasteiger charge is -2.21. The maximum absolute atomic E-state index is 11.9. The number of benzene rings is 4. The second-order valence-corrected chi connectivity index (χ2v) is 20.8. The van der Waals surface area contributed by atoms with E-state index in [1.807, 2.05) is 76.2 Å². The van der Waals surface area contributed by atoms with E-state index in [0.29, 0.717) is 34.3 Å². The highest BCUT2D eigenvalue weighted by atomic mass is 79.9. The Hall–Kier alpha value is -4.18. The first-order valence-electron chi connectivity index (χ1n) is 23.1. The van der Waals surface area contributed by atoms with E-state index >= 15 is 0 Å². The van der Waals surface area contributed by atoms with Crippen molar-refractivity contribution in [3.05, 3.63) is 123 Å². The van der Waals surface area contributed by atoms with E-state index in [1.54, 1.807) is 6.07 Å². The number of hydrogen-bond donors (Lipinski definition) is 3. The number of nitrogens with zero attached hydrogens (tertiary/aromatic N) is 1. The summed E-state index contributed by atoms with van der Waals surface area (Å²) < 4.78 is 24.6. The Labute approximate surface area is 432 Å². The van der Waals surface area contributed by atoms with Crippen molar-refractivity contribution in [2.24, 2.45) is 17.8 Å². The molecule has 1 heterocycles. The first-order valence-corrected chi connectivity index (χ1v) is 26.3. The molecule has 8 rings (SSSR count). The monoisotopic (exact) mass is 1190 g/mol. The molecule has 0 radical (unpaired) electrons. The predicted octanol–water partition coefficient (Wildman–Crippen LogP) is 13.7. The molecule has 364 valence electrons. The molecule has 11 nitrogen and oxygen atoms in total. The van der Waals surface area contributed by atoms with Gasteiger partial charge in [-0.3, -0.25) is 14.4 Å². The molecule has 5 aromatic rings. The van der Waals surface area contributed by atoms with E-state index in [2.05, 4.69) is 74.8 Å². The second-order valence-electron chi connectivity index (χ2n) is 17.4. The smallest absolute Gasteiger partial charge is 0.309 e. The Morgan fingerprint density at radius 1 is 0.721 bits per heavy atom. The third-order valence-corrected chi connectivity index (χ3v) is 16.4. The standard InChI is InChI=1S/C25H26BrNO4.C14H16Br2O3.C14H17BrO3/c1-3-18(25(28)29)19-10-9-17-13-23(21(26)14-20(17)19)30-12-11-22-15(2)31-24(27-22)16-7-5-4-6-8-16;1-3-7(14(18)19-2)8-4-5-9-10(8)6-11(15)13(17)12(9)16;1-3-9(14(17)18-2)10-5-4-8-6-13(16)12(15)7-11(8)10/h4-8,13-14,18-19H,3,9-12H2,1-2H3,(H,28,29);6-8,17H,3-5H2,1-2H3;6-7,9-10,16H,3-5H2,1-2H3. The van der Waals surface area contributed by atoms with Crippen LogP contribution in [0.15, 0.2) is 83.0 Å². The number of hydrogen-bond acceptors (Lipinski definition) is 10. The van der Waals surface area contributed by atoms with Gasteiger partial charge in [0.05, 0.1) is 62.2 Å². The van der Waals surface area contributed by atoms with E-state index in [0.717, 1.165) is 111 Å². The van der Waals surface area contributed by atoms with Gasteiger partial charge in [-0.25, -0.2) is 4.98 Å². The maximum Gasteiger partial charge on any atom is 0.309 e. The number of halogens is 4. The molecular weight excluding hydrogens is 1130 g/mol. The fraction of sp³-hybridized carbons (Fsp3) is 0.434. The van der Waals surface area contributed by atoms with Crippen molar-refractivity contribution in [3.8, 4) is 28.7 Å². The van der Waals surface area contributed by atoms with Crippen LogP contribution < -0.4 is 4.74 Å². The highest BCUT2D eigenvalue weighted by Crippen LogP contribution is 2.49. The average molecular weight is 1190 g/mol. The normalized spacial score (nSPS) is 17.8. The van der Waals surface area contributed by atoms with Gasteiger partial charge in [-0.1, -0.05) is 39.0 Å². The van der Waals surface area contributed by atoms with Gasteiger partial charge < -0.3 is 33.9 Å². The van der Waals surface area contributed by atoms with Gasteiger partial charge in [-0.05, 0) is 222 Å². The molecule has 0 spiro atoms. The summed E-state index contributed by atoms with van der Waals surface area (Å²) in [6.07, 6.45) is 8.21. The second kappa shape index (κ2) is 24.1. The van der Waals surface area contributed by atoms with Crippen LogP contribution in [0.2, 0.25) is 0 Å². The van der Waals surface area contributed by atoms with Gasteiger partial charge in [0.25, 0.3) is 0 Å². The molecule has 0 bridgehead atoms. The number of aliphatic carboxylic acids is 1. The highest BCUT2D eigenvalue weighted by Gasteiger charge is 2.37. The lowest BCUT2D eigenvalue weighted by molar-refractivity contribution is -0.147. The van der Waals surface area contributed by atoms with Gasteiger partial charge in [-0.15, -0.1) is 0 Å². The average Bonchev–Trinajstić information content (AvgIpc) is 4.13. The van der Waals surface area contributed by atoms with Crippen molar-refractivity contribution in [1.29, 1.82) is 0 Å². The fourth-order valence-corrected chi connectivity index (χ4v) is 12.3. The first kappa shape index (κ1) is 53.2. The van der Waals surface area contributed by atoms with E-state index < -0.39 is 5.97 Å². The largest absolute Gasteiger partial charge is 0.507 e. The van der Waals surface area contributed by atoms with Crippen LogP contribution in [-0.4, -0.2) is 59.0 Å². The SMILES string of the molecule is CCC(C(=O)O)C1CCc2cc(OCCc3nc(-c4ccccc4)oc3C)c(Br)cc21.CCC(C(=O)OC)C1CCc2c1cc(Br)c(O)c2Br.CCC(C(=O)OC)C1CCc2cc(O)c(Br)cc21. The zero-order valence-electron chi connectivity index (χ0n) is 39.2. The number of aromatic nitrogens is 1. The minimum absolute atomic E-state index is 0.0667. The van der Waals surface area contributed by atoms with Crippen LogP contribution in [0.5, 0.6) is 17.2 Å². The number of carboxylic acid groups (broad SMARTS) is 1. The van der Waals surface area contributed by atoms with E-state index in [1.165, 1.54) is 19.8 Å². The van der Waals surface area contributed by atoms with Gasteiger partial charge in [0.2, 0.25) is 5.89 Å². The van der Waals surface area contributed by atoms with Crippen LogP contribution in [0.4, 0.5) is 0 Å². The van der Waals surface area contributed by atoms with Crippen molar-refractivity contribution >= 4 is 81.6 Å². The van der Waals surface area contributed by atoms with Crippen LogP contribution in [0, 0.1) is 24.7 Å². The molecule has 1 aromatic heterocycles. The van der Waals surface area contributed by atoms with E-state index in [9.17, 15) is 29.7 Å². The van der Waals surface area contributed by atoms with E-state index in [-0.39, 0.29) is 58.9 Å². The van der Waals surface area contributed by atoms with Crippen LogP contribution in [-0.2, 0) is 49.5 Å². The number of rotatable bonds is 14. The third-order valence-electron chi connectivity index (χ3n) is 13.7. The number of phenols is 2. The number of aromatic hydroxyl groups is 2. The minimum Gasteiger partial charge on any atom is -0.507 e. The number of oxazole rings is 1. The zero-order valence-corrected chi connectivity index (χ0v) is 45.5. The van der Waals surface area contributed by atoms with Crippen molar-refractivity contribution < 1.29 is 48.3 Å². The van der Waals surface area contributed by atoms with Crippen LogP contribution in [0.3, 0.4) is 0 Å². The van der Waals surface area contributed by atoms with Gasteiger partial charge in [-0.2, -0.15) is 0 Å². The molecule has 3 aliphatic carbocycles. The van der Waals surface area contributed by atoms with Crippen molar-refractivity contribution in [1.82, 2.24) is 4.98 Å². The van der Waals surface area contributed by atoms with Gasteiger partial charge in [0.15, 0.2) is 0 Å². The number of carbonyl (C=O) groups excluding carboxylic acids is 2. The van der Waals surface area contributed by atoms with Crippen molar-refractivity contribution in [2.75, 3.05) is 20.8 Å². The van der Waals surface area contributed by atoms with Crippen LogP contribution >= 0.6 is 63.7 Å². The lowest BCUT2D eigenvalue weighted by Crippen LogP contribution is -2.21. The van der Waals surface area contributed by atoms with Crippen LogP contribution in [0.1, 0.15) is 122 Å². The molecule has 0 amide bonds. The molecule has 6 atom stereocenters. The lowest BCUT2D eigenvalue weighted by atomic mass is 9.85. The summed E-state index contributed by atoms with van der Waals surface area (Å²) >= 11 is 13.7. The Balaban J connectivity index is 0.000000178. The maximum atomic E-state index is 11.9. The molecule has 0 fully saturated rings. The highest BCUT2D eigenvalue weighted by molar-refractivity contribution is 9.11. The number of phenolic OH excluding ortho intramolecular Hbond substituents is 2. The molecular formula is C53H59Br4NO10. The topological polar surface area (TPSA) is 166 Å². The molecule has 15 heteroatoms. The van der Waals surface area contributed by atoms with Crippen molar-refractivity contribution in [3.63, 3.8) is 0 Å². The molecule has 68 heavy (non-hydrogen) atoms. The Morgan fingerprint density at radius 3 is 1.82 bits per heavy atom. The number of methoxy groups -OCH3 is 2. The summed E-state index contributed by atoms with van der Waals surface area (Å²) in [6.45, 7) is 8.36. The fourth-order valence-electron chi connectivity index (χ4n) is 10.1. The molecule has 0 aliphatic heterocycles. The number of ether oxygens (including phenoxy) is 3. The summed E-state index contributed by atoms with van der Waals surface area (Å²) in [4.78, 5) is 39.9. The van der Waals surface area contributed by atoms with Crippen LogP contribution in [0.25, 0.3) is 11.5 Å². The van der Waals surface area contributed by atoms with Gasteiger partial charge in [0, 0.05) is 12.0 Å². The Morgan fingerprint density at radius 2 is 1.25 bits per heavy atom. The Kier molecular flexibility index (Phi) is 18.8. The third kappa shape index (κ3) is 11.9. The summed E-state index contributed by atoms with van der Waals surface area (Å²) in [6, 6.07) is 19.6. The first-order chi connectivity index (χ1) is 32.6.